The number of methoxy groups -OCH3 is 1. The lowest BCUT2D eigenvalue weighted by Crippen LogP contribution is -2.13. The molecule has 0 saturated carbocycles. The van der Waals surface area contributed by atoms with Gasteiger partial charge in [-0.15, -0.1) is 0 Å². The van der Waals surface area contributed by atoms with Gasteiger partial charge in [-0.1, -0.05) is 11.6 Å². The van der Waals surface area contributed by atoms with Gasteiger partial charge in [0.2, 0.25) is 0 Å². The van der Waals surface area contributed by atoms with Crippen molar-refractivity contribution >= 4 is 22.6 Å². The third kappa shape index (κ3) is 3.05. The first kappa shape index (κ1) is 13.4. The molecule has 0 saturated heterocycles. The maximum atomic E-state index is 6.12. The normalized spacial score (nSPS) is 14.9. The molecule has 0 amide bonds. The lowest BCUT2D eigenvalue weighted by atomic mass is 10.1. The Labute approximate surface area is 112 Å². The van der Waals surface area contributed by atoms with Crippen molar-refractivity contribution < 1.29 is 9.15 Å². The van der Waals surface area contributed by atoms with Gasteiger partial charge in [0.15, 0.2) is 0 Å². The van der Waals surface area contributed by atoms with E-state index < -0.39 is 0 Å². The topological polar surface area (TPSA) is 48.4 Å². The first-order valence-electron chi connectivity index (χ1n) is 6.07. The molecule has 0 aliphatic carbocycles. The van der Waals surface area contributed by atoms with Crippen LogP contribution in [-0.2, 0) is 4.74 Å². The van der Waals surface area contributed by atoms with Gasteiger partial charge in [0, 0.05) is 17.5 Å². The van der Waals surface area contributed by atoms with Crippen LogP contribution in [0, 0.1) is 0 Å². The van der Waals surface area contributed by atoms with E-state index in [-0.39, 0.29) is 12.1 Å². The van der Waals surface area contributed by atoms with Crippen molar-refractivity contribution in [3.8, 4) is 0 Å². The summed E-state index contributed by atoms with van der Waals surface area (Å²) < 4.78 is 10.9. The number of rotatable bonds is 5. The predicted octanol–water partition coefficient (Wildman–Crippen LogP) is 3.90. The van der Waals surface area contributed by atoms with Gasteiger partial charge < -0.3 is 14.9 Å². The van der Waals surface area contributed by atoms with Crippen LogP contribution in [0.3, 0.4) is 0 Å². The Hall–Kier alpha value is -1.03. The van der Waals surface area contributed by atoms with Gasteiger partial charge in [-0.25, -0.2) is 0 Å². The molecule has 2 rings (SSSR count). The smallest absolute Gasteiger partial charge is 0.134 e. The highest BCUT2D eigenvalue weighted by Crippen LogP contribution is 2.27. The highest BCUT2D eigenvalue weighted by molar-refractivity contribution is 6.31. The molecule has 0 fully saturated rings. The minimum absolute atomic E-state index is 0.103. The highest BCUT2D eigenvalue weighted by Gasteiger charge is 2.13. The molecule has 0 radical (unpaired) electrons. The van der Waals surface area contributed by atoms with E-state index in [1.807, 2.05) is 31.2 Å². The molecule has 2 aromatic rings. The van der Waals surface area contributed by atoms with Crippen molar-refractivity contribution in [3.05, 3.63) is 35.0 Å². The van der Waals surface area contributed by atoms with Crippen LogP contribution in [0.1, 0.15) is 31.6 Å². The fraction of sp³-hybridized carbons (Fsp3) is 0.429. The molecule has 0 bridgehead atoms. The number of furan rings is 1. The van der Waals surface area contributed by atoms with Crippen LogP contribution in [0.2, 0.25) is 5.02 Å². The third-order valence-corrected chi connectivity index (χ3v) is 3.38. The molecule has 0 spiro atoms. The molecular weight excluding hydrogens is 250 g/mol. The van der Waals surface area contributed by atoms with Crippen LogP contribution < -0.4 is 5.73 Å². The van der Waals surface area contributed by atoms with Gasteiger partial charge in [-0.05, 0) is 44.0 Å². The molecule has 0 aliphatic heterocycles. The van der Waals surface area contributed by atoms with E-state index in [4.69, 9.17) is 26.5 Å². The molecule has 2 unspecified atom stereocenters. The van der Waals surface area contributed by atoms with Gasteiger partial charge in [0.05, 0.1) is 12.1 Å². The lowest BCUT2D eigenvalue weighted by Gasteiger charge is -2.12. The van der Waals surface area contributed by atoms with Crippen molar-refractivity contribution in [1.29, 1.82) is 0 Å². The quantitative estimate of drug-likeness (QED) is 0.894. The number of hydrogen-bond donors (Lipinski definition) is 1. The maximum Gasteiger partial charge on any atom is 0.134 e. The summed E-state index contributed by atoms with van der Waals surface area (Å²) in [6, 6.07) is 7.42. The zero-order valence-corrected chi connectivity index (χ0v) is 11.4. The van der Waals surface area contributed by atoms with Crippen LogP contribution in [-0.4, -0.2) is 13.2 Å². The molecule has 1 aromatic heterocycles. The molecule has 18 heavy (non-hydrogen) atoms. The Balaban J connectivity index is 2.10. The fourth-order valence-electron chi connectivity index (χ4n) is 1.89. The van der Waals surface area contributed by atoms with E-state index in [0.717, 1.165) is 29.6 Å². The van der Waals surface area contributed by atoms with E-state index in [9.17, 15) is 0 Å². The second kappa shape index (κ2) is 5.74. The average Bonchev–Trinajstić information content (AvgIpc) is 2.78. The number of fused-ring (bicyclic) bond motifs is 1. The molecule has 4 heteroatoms. The summed E-state index contributed by atoms with van der Waals surface area (Å²) in [6.07, 6.45) is 1.97. The summed E-state index contributed by atoms with van der Waals surface area (Å²) in [5, 5.41) is 1.70. The highest BCUT2D eigenvalue weighted by atomic mass is 35.5. The average molecular weight is 268 g/mol. The summed E-state index contributed by atoms with van der Waals surface area (Å²) >= 11 is 5.94. The molecule has 1 heterocycles. The minimum Gasteiger partial charge on any atom is -0.459 e. The Bertz CT molecular complexity index is 523. The van der Waals surface area contributed by atoms with Gasteiger partial charge in [0.1, 0.15) is 11.3 Å². The van der Waals surface area contributed by atoms with Crippen molar-refractivity contribution in [2.45, 2.75) is 31.9 Å². The number of hydrogen-bond acceptors (Lipinski definition) is 3. The number of halogens is 1. The molecule has 2 atom stereocenters. The van der Waals surface area contributed by atoms with Crippen LogP contribution in [0.25, 0.3) is 11.0 Å². The van der Waals surface area contributed by atoms with E-state index in [2.05, 4.69) is 0 Å². The Kier molecular flexibility index (Phi) is 4.27. The standard InChI is InChI=1S/C14H18ClNO2/c1-9(17-2)3-5-12(16)14-8-10-7-11(15)4-6-13(10)18-14/h4,6-9,12H,3,5,16H2,1-2H3. The fourth-order valence-corrected chi connectivity index (χ4v) is 2.07. The molecule has 3 nitrogen and oxygen atoms in total. The molecule has 0 aliphatic rings. The molecule has 2 N–H and O–H groups in total. The number of ether oxygens (including phenoxy) is 1. The summed E-state index contributed by atoms with van der Waals surface area (Å²) in [5.41, 5.74) is 6.94. The Morgan fingerprint density at radius 2 is 2.11 bits per heavy atom. The van der Waals surface area contributed by atoms with Gasteiger partial charge in [-0.3, -0.25) is 0 Å². The largest absolute Gasteiger partial charge is 0.459 e. The number of benzene rings is 1. The summed E-state index contributed by atoms with van der Waals surface area (Å²) in [4.78, 5) is 0. The van der Waals surface area contributed by atoms with E-state index in [1.54, 1.807) is 7.11 Å². The summed E-state index contributed by atoms with van der Waals surface area (Å²) in [7, 11) is 1.71. The second-order valence-corrected chi connectivity index (χ2v) is 5.00. The van der Waals surface area contributed by atoms with Gasteiger partial charge in [-0.2, -0.15) is 0 Å². The van der Waals surface area contributed by atoms with Crippen molar-refractivity contribution in [1.82, 2.24) is 0 Å². The third-order valence-electron chi connectivity index (χ3n) is 3.15. The lowest BCUT2D eigenvalue weighted by molar-refractivity contribution is 0.106. The predicted molar refractivity (Wildman–Crippen MR) is 73.9 cm³/mol. The van der Waals surface area contributed by atoms with Crippen LogP contribution >= 0.6 is 11.6 Å². The summed E-state index contributed by atoms with van der Waals surface area (Å²) in [5.74, 6) is 0.801. The SMILES string of the molecule is COC(C)CCC(N)c1cc2cc(Cl)ccc2o1. The van der Waals surface area contributed by atoms with Crippen molar-refractivity contribution in [3.63, 3.8) is 0 Å². The van der Waals surface area contributed by atoms with Gasteiger partial charge in [0.25, 0.3) is 0 Å². The van der Waals surface area contributed by atoms with E-state index in [0.29, 0.717) is 5.02 Å². The minimum atomic E-state index is -0.103. The first-order valence-corrected chi connectivity index (χ1v) is 6.45. The van der Waals surface area contributed by atoms with Crippen LogP contribution in [0.4, 0.5) is 0 Å². The van der Waals surface area contributed by atoms with Crippen LogP contribution in [0.15, 0.2) is 28.7 Å². The Morgan fingerprint density at radius 1 is 1.33 bits per heavy atom. The monoisotopic (exact) mass is 267 g/mol. The zero-order chi connectivity index (χ0) is 13.1. The summed E-state index contributed by atoms with van der Waals surface area (Å²) in [6.45, 7) is 2.03. The maximum absolute atomic E-state index is 6.12. The van der Waals surface area contributed by atoms with E-state index in [1.165, 1.54) is 0 Å². The molecular formula is C14H18ClNO2. The van der Waals surface area contributed by atoms with Crippen LogP contribution in [0.5, 0.6) is 0 Å². The zero-order valence-electron chi connectivity index (χ0n) is 10.7. The Morgan fingerprint density at radius 3 is 2.83 bits per heavy atom. The van der Waals surface area contributed by atoms with Crippen molar-refractivity contribution in [2.24, 2.45) is 5.73 Å². The van der Waals surface area contributed by atoms with Gasteiger partial charge >= 0.3 is 0 Å². The number of nitrogens with two attached hydrogens (primary N) is 1. The molecule has 98 valence electrons. The first-order chi connectivity index (χ1) is 8.60. The molecule has 1 aromatic carbocycles. The van der Waals surface area contributed by atoms with E-state index >= 15 is 0 Å². The van der Waals surface area contributed by atoms with Crippen molar-refractivity contribution in [2.75, 3.05) is 7.11 Å². The second-order valence-electron chi connectivity index (χ2n) is 4.56.